The fourth-order valence-electron chi connectivity index (χ4n) is 3.84. The summed E-state index contributed by atoms with van der Waals surface area (Å²) in [5.41, 5.74) is 0. The summed E-state index contributed by atoms with van der Waals surface area (Å²) in [6.07, 6.45) is -0.714. The van der Waals surface area contributed by atoms with Gasteiger partial charge in [-0.3, -0.25) is 4.79 Å². The minimum atomic E-state index is -5.10. The largest absolute Gasteiger partial charge is 0.471 e. The molecule has 0 aromatic carbocycles. The predicted octanol–water partition coefficient (Wildman–Crippen LogP) is 3.88. The maximum Gasteiger partial charge on any atom is 0.471 e. The van der Waals surface area contributed by atoms with Crippen LogP contribution in [0.4, 0.5) is 13.2 Å². The second-order valence-electron chi connectivity index (χ2n) is 8.25. The van der Waals surface area contributed by atoms with Gasteiger partial charge in [0.05, 0.1) is 18.8 Å². The van der Waals surface area contributed by atoms with Crippen molar-refractivity contribution in [3.63, 3.8) is 0 Å². The van der Waals surface area contributed by atoms with Crippen molar-refractivity contribution in [3.05, 3.63) is 12.7 Å². The minimum absolute atomic E-state index is 0.00785. The number of nitrogens with one attached hydrogen (secondary N) is 1. The molecule has 1 amide bonds. The summed E-state index contributed by atoms with van der Waals surface area (Å²) >= 11 is 0. The smallest absolute Gasteiger partial charge is 0.388 e. The highest BCUT2D eigenvalue weighted by molar-refractivity contribution is 5.82. The molecule has 0 spiro atoms. The van der Waals surface area contributed by atoms with E-state index in [1.807, 2.05) is 5.32 Å². The molecule has 10 heteroatoms. The van der Waals surface area contributed by atoms with Gasteiger partial charge in [0.15, 0.2) is 6.29 Å². The van der Waals surface area contributed by atoms with Crippen LogP contribution in [0.2, 0.25) is 0 Å². The van der Waals surface area contributed by atoms with Gasteiger partial charge in [-0.2, -0.15) is 13.2 Å². The maximum atomic E-state index is 12.9. The molecule has 0 radical (unpaired) electrons. The molecule has 1 saturated heterocycles. The van der Waals surface area contributed by atoms with Crippen molar-refractivity contribution in [2.45, 2.75) is 108 Å². The molecule has 0 aromatic heterocycles. The molecular formula is C23H40F3NO6. The third kappa shape index (κ3) is 10.3. The number of ether oxygens (including phenoxy) is 4. The minimum Gasteiger partial charge on any atom is -0.388 e. The first kappa shape index (κ1) is 29.8. The highest BCUT2D eigenvalue weighted by atomic mass is 19.4. The van der Waals surface area contributed by atoms with E-state index in [0.717, 1.165) is 25.7 Å². The number of unbranched alkanes of at least 4 members (excludes halogenated alkanes) is 4. The number of halogens is 3. The van der Waals surface area contributed by atoms with Gasteiger partial charge >= 0.3 is 12.1 Å². The molecule has 2 N–H and O–H groups in total. The van der Waals surface area contributed by atoms with Crippen molar-refractivity contribution in [3.8, 4) is 0 Å². The molecule has 0 saturated carbocycles. The van der Waals surface area contributed by atoms with E-state index >= 15 is 0 Å². The van der Waals surface area contributed by atoms with Crippen LogP contribution in [-0.2, 0) is 23.7 Å². The van der Waals surface area contributed by atoms with Crippen molar-refractivity contribution >= 4 is 5.91 Å². The maximum absolute atomic E-state index is 12.9. The molecule has 1 fully saturated rings. The molecule has 0 bridgehead atoms. The zero-order valence-electron chi connectivity index (χ0n) is 19.9. The van der Waals surface area contributed by atoms with Crippen LogP contribution in [0, 0.1) is 0 Å². The predicted molar refractivity (Wildman–Crippen MR) is 118 cm³/mol. The number of rotatable bonds is 16. The van der Waals surface area contributed by atoms with Gasteiger partial charge in [0.1, 0.15) is 18.2 Å². The lowest BCUT2D eigenvalue weighted by Crippen LogP contribution is -2.66. The van der Waals surface area contributed by atoms with Crippen molar-refractivity contribution in [2.24, 2.45) is 0 Å². The topological polar surface area (TPSA) is 86.2 Å². The summed E-state index contributed by atoms with van der Waals surface area (Å²) in [5, 5.41) is 12.6. The fraction of sp³-hybridized carbons (Fsp3) is 0.870. The Bertz CT molecular complexity index is 563. The Morgan fingerprint density at radius 1 is 1.18 bits per heavy atom. The molecular weight excluding hydrogens is 443 g/mol. The first-order valence-electron chi connectivity index (χ1n) is 11.8. The Kier molecular flexibility index (Phi) is 14.2. The summed E-state index contributed by atoms with van der Waals surface area (Å²) < 4.78 is 61.2. The highest BCUT2D eigenvalue weighted by Gasteiger charge is 2.49. The molecule has 1 aliphatic rings. The van der Waals surface area contributed by atoms with E-state index in [1.54, 1.807) is 14.0 Å². The van der Waals surface area contributed by atoms with Gasteiger partial charge in [-0.25, -0.2) is 0 Å². The number of hydrogen-bond acceptors (Lipinski definition) is 6. The monoisotopic (exact) mass is 483 g/mol. The van der Waals surface area contributed by atoms with E-state index in [1.165, 1.54) is 18.9 Å². The zero-order chi connectivity index (χ0) is 24.9. The lowest BCUT2D eigenvalue weighted by atomic mass is 9.94. The van der Waals surface area contributed by atoms with Crippen LogP contribution in [0.15, 0.2) is 12.7 Å². The summed E-state index contributed by atoms with van der Waals surface area (Å²) in [5.74, 6) is -2.15. The normalized spacial score (nSPS) is 26.7. The van der Waals surface area contributed by atoms with Crippen LogP contribution in [0.25, 0.3) is 0 Å². The number of alkyl halides is 3. The Morgan fingerprint density at radius 2 is 1.88 bits per heavy atom. The summed E-state index contributed by atoms with van der Waals surface area (Å²) in [6.45, 7) is 7.57. The first-order valence-corrected chi connectivity index (χ1v) is 11.8. The Balaban J connectivity index is 2.83. The number of amides is 1. The van der Waals surface area contributed by atoms with E-state index < -0.39 is 42.7 Å². The second-order valence-corrected chi connectivity index (χ2v) is 8.25. The average molecular weight is 484 g/mol. The molecule has 7 nitrogen and oxygen atoms in total. The van der Waals surface area contributed by atoms with Gasteiger partial charge in [-0.05, 0) is 19.3 Å². The summed E-state index contributed by atoms with van der Waals surface area (Å²) in [4.78, 5) is 11.7. The number of aliphatic hydroxyl groups is 1. The van der Waals surface area contributed by atoms with Crippen LogP contribution < -0.4 is 5.32 Å². The molecule has 1 heterocycles. The number of carbonyl (C=O) groups is 1. The highest BCUT2D eigenvalue weighted by Crippen LogP contribution is 2.28. The zero-order valence-corrected chi connectivity index (χ0v) is 19.9. The van der Waals surface area contributed by atoms with Gasteiger partial charge in [0.25, 0.3) is 0 Å². The molecule has 6 atom stereocenters. The molecule has 0 aliphatic carbocycles. The second kappa shape index (κ2) is 15.7. The number of carbonyl (C=O) groups excluding carboxylic acids is 1. The van der Waals surface area contributed by atoms with E-state index in [2.05, 4.69) is 13.5 Å². The molecule has 33 heavy (non-hydrogen) atoms. The number of methoxy groups -OCH3 is 1. The molecule has 0 aromatic rings. The fourth-order valence-corrected chi connectivity index (χ4v) is 3.84. The van der Waals surface area contributed by atoms with Crippen molar-refractivity contribution in [1.82, 2.24) is 5.32 Å². The SMILES string of the molecule is C=CCO[C@H]1O[C@H](CC)[C@@H](O)[C@H](OCC[C@@H](CCCCCCC)OC)[C@H]1NC(=O)C(F)(F)F. The van der Waals surface area contributed by atoms with Gasteiger partial charge in [0, 0.05) is 13.7 Å². The van der Waals surface area contributed by atoms with E-state index in [-0.39, 0.29) is 19.3 Å². The quantitative estimate of drug-likeness (QED) is 0.256. The van der Waals surface area contributed by atoms with Crippen molar-refractivity contribution in [2.75, 3.05) is 20.3 Å². The number of aliphatic hydroxyl groups excluding tert-OH is 1. The van der Waals surface area contributed by atoms with Gasteiger partial charge in [-0.1, -0.05) is 52.0 Å². The van der Waals surface area contributed by atoms with E-state index in [4.69, 9.17) is 18.9 Å². The molecule has 1 rings (SSSR count). The molecule has 1 aliphatic heterocycles. The first-order chi connectivity index (χ1) is 15.7. The van der Waals surface area contributed by atoms with Crippen molar-refractivity contribution in [1.29, 1.82) is 0 Å². The summed E-state index contributed by atoms with van der Waals surface area (Å²) in [7, 11) is 1.61. The van der Waals surface area contributed by atoms with Gasteiger partial charge in [0.2, 0.25) is 0 Å². The average Bonchev–Trinajstić information content (AvgIpc) is 2.78. The van der Waals surface area contributed by atoms with Gasteiger partial charge < -0.3 is 29.4 Å². The van der Waals surface area contributed by atoms with E-state index in [0.29, 0.717) is 12.8 Å². The van der Waals surface area contributed by atoms with Gasteiger partial charge in [-0.15, -0.1) is 6.58 Å². The lowest BCUT2D eigenvalue weighted by molar-refractivity contribution is -0.271. The van der Waals surface area contributed by atoms with Crippen LogP contribution in [0.3, 0.4) is 0 Å². The lowest BCUT2D eigenvalue weighted by Gasteiger charge is -2.44. The Hall–Kier alpha value is -1.20. The third-order valence-corrected chi connectivity index (χ3v) is 5.72. The number of hydrogen-bond donors (Lipinski definition) is 2. The van der Waals surface area contributed by atoms with Crippen LogP contribution in [0.1, 0.15) is 65.2 Å². The van der Waals surface area contributed by atoms with Crippen molar-refractivity contribution < 1.29 is 42.0 Å². The van der Waals surface area contributed by atoms with Crippen LogP contribution in [0.5, 0.6) is 0 Å². The Labute approximate surface area is 195 Å². The van der Waals surface area contributed by atoms with Crippen LogP contribution in [-0.4, -0.2) is 74.3 Å². The van der Waals surface area contributed by atoms with E-state index in [9.17, 15) is 23.1 Å². The summed E-state index contributed by atoms with van der Waals surface area (Å²) in [6, 6.07) is -1.35. The third-order valence-electron chi connectivity index (χ3n) is 5.72. The molecule has 0 unspecified atom stereocenters. The Morgan fingerprint density at radius 3 is 2.45 bits per heavy atom. The standard InChI is InChI=1S/C23H40F3NO6/c1-5-8-9-10-11-12-16(30-4)13-15-31-20-18(27-22(29)23(24,25)26)21(32-14-6-2)33-17(7-3)19(20)28/h6,16-21,28H,2,5,7-15H2,1,3-4H3,(H,27,29)/t16-,17-,18-,19-,20-,21+/m1/s1. The van der Waals surface area contributed by atoms with Crippen LogP contribution >= 0.6 is 0 Å². The molecule has 194 valence electrons.